The molecular formula is C21H25F3N4O. The molecule has 0 saturated carbocycles. The highest BCUT2D eigenvalue weighted by molar-refractivity contribution is 5.92. The molecule has 1 aliphatic heterocycles. The Morgan fingerprint density at radius 1 is 1.07 bits per heavy atom. The van der Waals surface area contributed by atoms with Crippen LogP contribution in [0.3, 0.4) is 0 Å². The number of hydrogen-bond donors (Lipinski definition) is 1. The Hall–Kier alpha value is -2.61. The summed E-state index contributed by atoms with van der Waals surface area (Å²) < 4.78 is 38.1. The molecule has 156 valence electrons. The van der Waals surface area contributed by atoms with Gasteiger partial charge in [0.25, 0.3) is 0 Å². The summed E-state index contributed by atoms with van der Waals surface area (Å²) in [5, 5.41) is 2.94. The largest absolute Gasteiger partial charge is 0.417 e. The van der Waals surface area contributed by atoms with Crippen LogP contribution in [0.25, 0.3) is 0 Å². The molecule has 1 fully saturated rings. The molecule has 0 atom stereocenters. The molecule has 5 nitrogen and oxygen atoms in total. The predicted octanol–water partition coefficient (Wildman–Crippen LogP) is 3.87. The second-order valence-electron chi connectivity index (χ2n) is 7.44. The molecule has 0 radical (unpaired) electrons. The van der Waals surface area contributed by atoms with E-state index in [1.165, 1.54) is 6.07 Å². The zero-order chi connectivity index (χ0) is 21.0. The van der Waals surface area contributed by atoms with Crippen LogP contribution in [0.2, 0.25) is 0 Å². The van der Waals surface area contributed by atoms with Crippen LogP contribution in [0, 0.1) is 13.8 Å². The number of rotatable bonds is 4. The van der Waals surface area contributed by atoms with Crippen LogP contribution in [-0.4, -0.2) is 48.5 Å². The highest BCUT2D eigenvalue weighted by atomic mass is 19.4. The molecule has 1 saturated heterocycles. The normalized spacial score (nSPS) is 15.8. The Labute approximate surface area is 168 Å². The van der Waals surface area contributed by atoms with E-state index < -0.39 is 11.7 Å². The summed E-state index contributed by atoms with van der Waals surface area (Å²) in [5.74, 6) is 0.454. The maximum Gasteiger partial charge on any atom is 0.417 e. The quantitative estimate of drug-likeness (QED) is 0.838. The summed E-state index contributed by atoms with van der Waals surface area (Å²) in [7, 11) is 0. The lowest BCUT2D eigenvalue weighted by molar-refractivity contribution is -0.137. The van der Waals surface area contributed by atoms with Crippen LogP contribution in [0.5, 0.6) is 0 Å². The third-order valence-electron chi connectivity index (χ3n) is 4.86. The topological polar surface area (TPSA) is 48.5 Å². The van der Waals surface area contributed by atoms with Gasteiger partial charge in [-0.05, 0) is 55.7 Å². The minimum atomic E-state index is -4.38. The van der Waals surface area contributed by atoms with Crippen molar-refractivity contribution in [2.75, 3.05) is 42.9 Å². The number of aryl methyl sites for hydroxylation is 2. The Bertz CT molecular complexity index is 832. The first-order valence-corrected chi connectivity index (χ1v) is 9.59. The molecule has 2 heterocycles. The second-order valence-corrected chi connectivity index (χ2v) is 7.44. The molecule has 8 heteroatoms. The van der Waals surface area contributed by atoms with E-state index in [1.54, 1.807) is 0 Å². The molecule has 3 rings (SSSR count). The van der Waals surface area contributed by atoms with Crippen LogP contribution in [0.4, 0.5) is 24.7 Å². The fourth-order valence-corrected chi connectivity index (χ4v) is 3.55. The Balaban J connectivity index is 1.55. The van der Waals surface area contributed by atoms with Crippen molar-refractivity contribution in [1.82, 2.24) is 9.88 Å². The van der Waals surface area contributed by atoms with E-state index in [1.807, 2.05) is 36.9 Å². The molecule has 0 spiro atoms. The number of hydrogen-bond acceptors (Lipinski definition) is 4. The number of aromatic nitrogens is 1. The van der Waals surface area contributed by atoms with Gasteiger partial charge in [-0.2, -0.15) is 13.2 Å². The van der Waals surface area contributed by atoms with Gasteiger partial charge in [-0.15, -0.1) is 0 Å². The first-order chi connectivity index (χ1) is 13.7. The fraction of sp³-hybridized carbons (Fsp3) is 0.429. The maximum absolute atomic E-state index is 12.7. The van der Waals surface area contributed by atoms with Crippen molar-refractivity contribution >= 4 is 17.4 Å². The number of carbonyl (C=O) groups is 1. The number of amides is 1. The zero-order valence-corrected chi connectivity index (χ0v) is 16.6. The Morgan fingerprint density at radius 2 is 1.79 bits per heavy atom. The molecule has 0 unspecified atom stereocenters. The minimum Gasteiger partial charge on any atom is -0.355 e. The highest BCUT2D eigenvalue weighted by Crippen LogP contribution is 2.29. The van der Waals surface area contributed by atoms with Crippen LogP contribution >= 0.6 is 0 Å². The predicted molar refractivity (Wildman–Crippen MR) is 107 cm³/mol. The highest BCUT2D eigenvalue weighted by Gasteiger charge is 2.31. The summed E-state index contributed by atoms with van der Waals surface area (Å²) >= 11 is 0. The number of benzene rings is 1. The molecule has 1 N–H and O–H groups in total. The van der Waals surface area contributed by atoms with Gasteiger partial charge in [0.15, 0.2) is 0 Å². The molecule has 1 aromatic heterocycles. The summed E-state index contributed by atoms with van der Waals surface area (Å²) in [6, 6.07) is 8.39. The number of anilines is 2. The van der Waals surface area contributed by atoms with Crippen molar-refractivity contribution in [2.45, 2.75) is 26.4 Å². The zero-order valence-electron chi connectivity index (χ0n) is 16.6. The number of nitrogens with one attached hydrogen (secondary N) is 1. The third-order valence-corrected chi connectivity index (χ3v) is 4.86. The van der Waals surface area contributed by atoms with Gasteiger partial charge in [-0.25, -0.2) is 4.98 Å². The average Bonchev–Trinajstić information content (AvgIpc) is 2.85. The number of nitrogens with zero attached hydrogens (tertiary/aromatic N) is 3. The molecule has 29 heavy (non-hydrogen) atoms. The number of halogens is 3. The van der Waals surface area contributed by atoms with Crippen molar-refractivity contribution in [2.24, 2.45) is 0 Å². The molecule has 1 aliphatic rings. The Kier molecular flexibility index (Phi) is 6.42. The first-order valence-electron chi connectivity index (χ1n) is 9.59. The van der Waals surface area contributed by atoms with Crippen LogP contribution < -0.4 is 10.2 Å². The van der Waals surface area contributed by atoms with Gasteiger partial charge in [0, 0.05) is 38.1 Å². The fourth-order valence-electron chi connectivity index (χ4n) is 3.55. The van der Waals surface area contributed by atoms with Gasteiger partial charge in [0.2, 0.25) is 5.91 Å². The molecule has 0 bridgehead atoms. The van der Waals surface area contributed by atoms with E-state index in [9.17, 15) is 18.0 Å². The number of pyridine rings is 1. The van der Waals surface area contributed by atoms with E-state index in [0.29, 0.717) is 25.5 Å². The average molecular weight is 406 g/mol. The van der Waals surface area contributed by atoms with Gasteiger partial charge in [-0.1, -0.05) is 6.07 Å². The number of carbonyl (C=O) groups excluding carboxylic acids is 1. The van der Waals surface area contributed by atoms with Crippen molar-refractivity contribution < 1.29 is 18.0 Å². The van der Waals surface area contributed by atoms with Crippen molar-refractivity contribution in [3.8, 4) is 0 Å². The van der Waals surface area contributed by atoms with Gasteiger partial charge in [-0.3, -0.25) is 9.69 Å². The lowest BCUT2D eigenvalue weighted by Gasteiger charge is -2.23. The smallest absolute Gasteiger partial charge is 0.355 e. The first kappa shape index (κ1) is 21.1. The van der Waals surface area contributed by atoms with Gasteiger partial charge < -0.3 is 10.2 Å². The SMILES string of the molecule is Cc1cc(C)cc(NC(=O)CN2CCCN(c3ccc(C(F)(F)F)cn3)CC2)c1. The van der Waals surface area contributed by atoms with E-state index in [0.717, 1.165) is 42.0 Å². The molecule has 1 amide bonds. The molecule has 0 aliphatic carbocycles. The summed E-state index contributed by atoms with van der Waals surface area (Å²) in [6.07, 6.45) is -2.71. The van der Waals surface area contributed by atoms with E-state index in [2.05, 4.69) is 15.2 Å². The minimum absolute atomic E-state index is 0.0731. The summed E-state index contributed by atoms with van der Waals surface area (Å²) in [5.41, 5.74) is 2.23. The van der Waals surface area contributed by atoms with E-state index in [-0.39, 0.29) is 12.5 Å². The lowest BCUT2D eigenvalue weighted by atomic mass is 10.1. The molecule has 1 aromatic carbocycles. The van der Waals surface area contributed by atoms with Gasteiger partial charge in [0.05, 0.1) is 12.1 Å². The van der Waals surface area contributed by atoms with E-state index in [4.69, 9.17) is 0 Å². The van der Waals surface area contributed by atoms with Crippen molar-refractivity contribution in [3.05, 3.63) is 53.2 Å². The van der Waals surface area contributed by atoms with Crippen molar-refractivity contribution in [3.63, 3.8) is 0 Å². The lowest BCUT2D eigenvalue weighted by Crippen LogP contribution is -2.36. The van der Waals surface area contributed by atoms with Crippen LogP contribution in [0.15, 0.2) is 36.5 Å². The van der Waals surface area contributed by atoms with E-state index >= 15 is 0 Å². The number of alkyl halides is 3. The molecule has 2 aromatic rings. The van der Waals surface area contributed by atoms with Gasteiger partial charge in [0.1, 0.15) is 5.82 Å². The van der Waals surface area contributed by atoms with Gasteiger partial charge >= 0.3 is 6.18 Å². The summed E-state index contributed by atoms with van der Waals surface area (Å²) in [4.78, 5) is 20.4. The second kappa shape index (κ2) is 8.82. The van der Waals surface area contributed by atoms with Crippen LogP contribution in [-0.2, 0) is 11.0 Å². The maximum atomic E-state index is 12.7. The third kappa shape index (κ3) is 5.93. The van der Waals surface area contributed by atoms with Crippen LogP contribution in [0.1, 0.15) is 23.1 Å². The standard InChI is InChI=1S/C21H25F3N4O/c1-15-10-16(2)12-18(11-15)26-20(29)14-27-6-3-7-28(9-8-27)19-5-4-17(13-25-19)21(22,23)24/h4-5,10-13H,3,6-9,14H2,1-2H3,(H,26,29). The monoisotopic (exact) mass is 406 g/mol. The Morgan fingerprint density at radius 3 is 2.41 bits per heavy atom. The molecular weight excluding hydrogens is 381 g/mol. The summed E-state index contributed by atoms with van der Waals surface area (Å²) in [6.45, 7) is 6.94. The van der Waals surface area contributed by atoms with Crippen molar-refractivity contribution in [1.29, 1.82) is 0 Å².